The third-order valence-electron chi connectivity index (χ3n) is 3.09. The molecule has 0 aliphatic heterocycles. The van der Waals surface area contributed by atoms with E-state index in [0.717, 1.165) is 0 Å². The number of hydrogen-bond acceptors (Lipinski definition) is 0. The Morgan fingerprint density at radius 3 is 2.31 bits per heavy atom. The minimum atomic E-state index is 1.19. The summed E-state index contributed by atoms with van der Waals surface area (Å²) in [5.41, 5.74) is 4.64. The van der Waals surface area contributed by atoms with E-state index in [1.54, 1.807) is 11.1 Å². The van der Waals surface area contributed by atoms with Crippen molar-refractivity contribution >= 4 is 0 Å². The number of aryl methyl sites for hydroxylation is 2. The van der Waals surface area contributed by atoms with Crippen molar-refractivity contribution in [1.29, 1.82) is 0 Å². The lowest BCUT2D eigenvalue weighted by atomic mass is 9.92. The molecular weight excluding hydrogens is 192 g/mol. The summed E-state index contributed by atoms with van der Waals surface area (Å²) in [7, 11) is 0. The van der Waals surface area contributed by atoms with Crippen LogP contribution in [0.3, 0.4) is 0 Å². The van der Waals surface area contributed by atoms with Crippen molar-refractivity contribution in [2.24, 2.45) is 0 Å². The van der Waals surface area contributed by atoms with Crippen molar-refractivity contribution in [2.45, 2.75) is 65.7 Å². The molecule has 0 fully saturated rings. The van der Waals surface area contributed by atoms with Gasteiger partial charge in [-0.1, -0.05) is 52.2 Å². The molecule has 16 heavy (non-hydrogen) atoms. The second kappa shape index (κ2) is 7.49. The van der Waals surface area contributed by atoms with Gasteiger partial charge in [-0.05, 0) is 48.4 Å². The minimum Gasteiger partial charge on any atom is -0.0654 e. The smallest absolute Gasteiger partial charge is 0.0146 e. The molecule has 0 saturated carbocycles. The molecule has 0 aliphatic carbocycles. The second-order valence-electron chi connectivity index (χ2n) is 4.56. The molecule has 0 N–H and O–H groups in total. The van der Waals surface area contributed by atoms with Crippen LogP contribution >= 0.6 is 0 Å². The standard InChI is InChI=1S/C16H25/c1-4-7-11-15-13-8-12-14(9-5-2)16(15)10-6-3/h8,13H,4-7,9-11H2,1-3H3. The summed E-state index contributed by atoms with van der Waals surface area (Å²) in [6.45, 7) is 6.79. The highest BCUT2D eigenvalue weighted by Gasteiger charge is 2.06. The molecule has 89 valence electrons. The molecule has 0 spiro atoms. The van der Waals surface area contributed by atoms with Gasteiger partial charge in [-0.15, -0.1) is 0 Å². The summed E-state index contributed by atoms with van der Waals surface area (Å²) in [5.74, 6) is 0. The molecule has 1 rings (SSSR count). The Kier molecular flexibility index (Phi) is 6.22. The Morgan fingerprint density at radius 1 is 0.938 bits per heavy atom. The van der Waals surface area contributed by atoms with Crippen LogP contribution in [0.1, 0.15) is 63.1 Å². The third-order valence-corrected chi connectivity index (χ3v) is 3.09. The van der Waals surface area contributed by atoms with Gasteiger partial charge in [-0.25, -0.2) is 0 Å². The fourth-order valence-electron chi connectivity index (χ4n) is 2.26. The number of benzene rings is 1. The molecular formula is C16H25. The van der Waals surface area contributed by atoms with Gasteiger partial charge in [-0.2, -0.15) is 0 Å². The van der Waals surface area contributed by atoms with Crippen LogP contribution in [0.25, 0.3) is 0 Å². The summed E-state index contributed by atoms with van der Waals surface area (Å²) < 4.78 is 0. The van der Waals surface area contributed by atoms with Gasteiger partial charge in [-0.3, -0.25) is 0 Å². The second-order valence-corrected chi connectivity index (χ2v) is 4.56. The van der Waals surface area contributed by atoms with Gasteiger partial charge in [0.2, 0.25) is 0 Å². The highest BCUT2D eigenvalue weighted by Crippen LogP contribution is 2.20. The van der Waals surface area contributed by atoms with Crippen LogP contribution in [0.15, 0.2) is 12.1 Å². The topological polar surface area (TPSA) is 0 Å². The molecule has 0 atom stereocenters. The molecule has 1 radical (unpaired) electrons. The Morgan fingerprint density at radius 2 is 1.69 bits per heavy atom. The van der Waals surface area contributed by atoms with E-state index in [2.05, 4.69) is 39.0 Å². The van der Waals surface area contributed by atoms with E-state index in [-0.39, 0.29) is 0 Å². The Bertz CT molecular complexity index is 299. The van der Waals surface area contributed by atoms with Crippen LogP contribution in [0, 0.1) is 6.07 Å². The van der Waals surface area contributed by atoms with Gasteiger partial charge in [0.25, 0.3) is 0 Å². The van der Waals surface area contributed by atoms with Crippen LogP contribution in [-0.4, -0.2) is 0 Å². The molecule has 0 amide bonds. The van der Waals surface area contributed by atoms with Gasteiger partial charge in [0.05, 0.1) is 0 Å². The van der Waals surface area contributed by atoms with Crippen molar-refractivity contribution in [3.8, 4) is 0 Å². The number of hydrogen-bond donors (Lipinski definition) is 0. The van der Waals surface area contributed by atoms with E-state index >= 15 is 0 Å². The van der Waals surface area contributed by atoms with Crippen LogP contribution in [0.5, 0.6) is 0 Å². The lowest BCUT2D eigenvalue weighted by Crippen LogP contribution is -2.00. The van der Waals surface area contributed by atoms with Crippen LogP contribution in [0.4, 0.5) is 0 Å². The Balaban J connectivity index is 2.90. The number of rotatable bonds is 7. The number of unbranched alkanes of at least 4 members (excludes halogenated alkanes) is 1. The zero-order valence-corrected chi connectivity index (χ0v) is 11.1. The van der Waals surface area contributed by atoms with Gasteiger partial charge in [0.1, 0.15) is 0 Å². The van der Waals surface area contributed by atoms with E-state index in [1.165, 1.54) is 50.5 Å². The molecule has 0 aliphatic rings. The summed E-state index contributed by atoms with van der Waals surface area (Å²) in [5, 5.41) is 0. The largest absolute Gasteiger partial charge is 0.0654 e. The molecule has 0 heteroatoms. The predicted octanol–water partition coefficient (Wildman–Crippen LogP) is 4.73. The van der Waals surface area contributed by atoms with Gasteiger partial charge >= 0.3 is 0 Å². The molecule has 0 unspecified atom stereocenters. The summed E-state index contributed by atoms with van der Waals surface area (Å²) in [6.07, 6.45) is 8.73. The molecule has 1 aromatic carbocycles. The maximum atomic E-state index is 3.44. The molecule has 0 heterocycles. The van der Waals surface area contributed by atoms with E-state index in [0.29, 0.717) is 0 Å². The van der Waals surface area contributed by atoms with E-state index in [4.69, 9.17) is 0 Å². The lowest BCUT2D eigenvalue weighted by molar-refractivity contribution is 0.771. The first-order valence-corrected chi connectivity index (χ1v) is 6.84. The first-order chi connectivity index (χ1) is 7.83. The highest BCUT2D eigenvalue weighted by atomic mass is 14.1. The third kappa shape index (κ3) is 3.66. The zero-order valence-electron chi connectivity index (χ0n) is 11.1. The monoisotopic (exact) mass is 217 g/mol. The van der Waals surface area contributed by atoms with Gasteiger partial charge in [0, 0.05) is 0 Å². The molecule has 0 saturated heterocycles. The first kappa shape index (κ1) is 13.3. The van der Waals surface area contributed by atoms with Crippen LogP contribution in [0.2, 0.25) is 0 Å². The minimum absolute atomic E-state index is 1.19. The van der Waals surface area contributed by atoms with Crippen molar-refractivity contribution in [1.82, 2.24) is 0 Å². The molecule has 0 bridgehead atoms. The summed E-state index contributed by atoms with van der Waals surface area (Å²) in [6, 6.07) is 7.84. The Hall–Kier alpha value is -0.780. The SMILES string of the molecule is CCCCc1cc[c]c(CCC)c1CCC. The van der Waals surface area contributed by atoms with Gasteiger partial charge in [0.15, 0.2) is 0 Å². The van der Waals surface area contributed by atoms with Crippen molar-refractivity contribution in [3.63, 3.8) is 0 Å². The van der Waals surface area contributed by atoms with Crippen molar-refractivity contribution in [2.75, 3.05) is 0 Å². The fourth-order valence-corrected chi connectivity index (χ4v) is 2.26. The zero-order chi connectivity index (χ0) is 11.8. The maximum Gasteiger partial charge on any atom is -0.0146 e. The fraction of sp³-hybridized carbons (Fsp3) is 0.625. The predicted molar refractivity (Wildman–Crippen MR) is 71.9 cm³/mol. The average molecular weight is 217 g/mol. The molecule has 0 nitrogen and oxygen atoms in total. The first-order valence-electron chi connectivity index (χ1n) is 6.84. The highest BCUT2D eigenvalue weighted by molar-refractivity contribution is 5.35. The quantitative estimate of drug-likeness (QED) is 0.619. The Labute approximate surface area is 101 Å². The van der Waals surface area contributed by atoms with Crippen molar-refractivity contribution in [3.05, 3.63) is 34.9 Å². The van der Waals surface area contributed by atoms with Crippen LogP contribution < -0.4 is 0 Å². The molecule has 0 aromatic heterocycles. The lowest BCUT2D eigenvalue weighted by Gasteiger charge is -2.13. The van der Waals surface area contributed by atoms with E-state index in [9.17, 15) is 0 Å². The van der Waals surface area contributed by atoms with Crippen molar-refractivity contribution < 1.29 is 0 Å². The summed E-state index contributed by atoms with van der Waals surface area (Å²) >= 11 is 0. The van der Waals surface area contributed by atoms with E-state index < -0.39 is 0 Å². The maximum absolute atomic E-state index is 3.44. The van der Waals surface area contributed by atoms with Crippen LogP contribution in [-0.2, 0) is 19.3 Å². The van der Waals surface area contributed by atoms with Gasteiger partial charge < -0.3 is 0 Å². The van der Waals surface area contributed by atoms with E-state index in [1.807, 2.05) is 0 Å². The normalized spacial score (nSPS) is 10.7. The average Bonchev–Trinajstić information content (AvgIpc) is 2.30. The molecule has 1 aromatic rings. The summed E-state index contributed by atoms with van der Waals surface area (Å²) in [4.78, 5) is 0.